The molecule has 0 aromatic carbocycles. The molecule has 0 aliphatic rings. The fourth-order valence-electron chi connectivity index (χ4n) is 9.70. The number of carbonyl (C=O) groups is 3. The minimum atomic E-state index is -0.790. The molecule has 0 aliphatic heterocycles. The Kier molecular flexibility index (Phi) is 62.7. The summed E-state index contributed by atoms with van der Waals surface area (Å²) in [4.78, 5) is 38.4. The molecule has 0 aromatic rings. The van der Waals surface area contributed by atoms with Crippen LogP contribution in [0.1, 0.15) is 342 Å². The molecule has 0 radical (unpaired) electrons. The summed E-state index contributed by atoms with van der Waals surface area (Å²) >= 11 is 0. The van der Waals surface area contributed by atoms with Gasteiger partial charge in [0.25, 0.3) is 0 Å². The summed E-state index contributed by atoms with van der Waals surface area (Å²) < 4.78 is 16.9. The Balaban J connectivity index is 4.35. The van der Waals surface area contributed by atoms with E-state index in [1.165, 1.54) is 180 Å². The largest absolute Gasteiger partial charge is 0.462 e. The molecule has 1 atom stereocenters. The first-order valence-electron chi connectivity index (χ1n) is 33.4. The number of esters is 3. The average molecular weight is 1080 g/mol. The Morgan fingerprint density at radius 3 is 0.792 bits per heavy atom. The Hall–Kier alpha value is -3.15. The van der Waals surface area contributed by atoms with Crippen LogP contribution in [0.2, 0.25) is 0 Å². The van der Waals surface area contributed by atoms with Gasteiger partial charge in [-0.05, 0) is 89.9 Å². The molecule has 0 amide bonds. The second-order valence-corrected chi connectivity index (χ2v) is 22.4. The minimum absolute atomic E-state index is 0.0837. The summed E-state index contributed by atoms with van der Waals surface area (Å²) in [5.41, 5.74) is 0. The molecule has 0 rings (SSSR count). The number of hydrogen-bond donors (Lipinski definition) is 0. The van der Waals surface area contributed by atoms with Gasteiger partial charge in [-0.3, -0.25) is 14.4 Å². The molecule has 0 heterocycles. The van der Waals surface area contributed by atoms with Gasteiger partial charge in [0, 0.05) is 19.3 Å². The van der Waals surface area contributed by atoms with Crippen LogP contribution in [0.4, 0.5) is 0 Å². The topological polar surface area (TPSA) is 78.9 Å². The lowest BCUT2D eigenvalue weighted by atomic mass is 10.0. The lowest BCUT2D eigenvalue weighted by molar-refractivity contribution is -0.167. The molecule has 0 saturated carbocycles. The summed E-state index contributed by atoms with van der Waals surface area (Å²) in [6.07, 6.45) is 84.9. The second-order valence-electron chi connectivity index (χ2n) is 22.4. The predicted octanol–water partition coefficient (Wildman–Crippen LogP) is 22.9. The van der Waals surface area contributed by atoms with Crippen LogP contribution in [0, 0.1) is 0 Å². The summed E-state index contributed by atoms with van der Waals surface area (Å²) in [6, 6.07) is 0. The van der Waals surface area contributed by atoms with E-state index in [2.05, 4.69) is 93.7 Å². The van der Waals surface area contributed by atoms with E-state index in [4.69, 9.17) is 14.2 Å². The van der Waals surface area contributed by atoms with E-state index in [-0.39, 0.29) is 31.1 Å². The van der Waals surface area contributed by atoms with E-state index in [0.717, 1.165) is 122 Å². The molecule has 0 bridgehead atoms. The first-order valence-corrected chi connectivity index (χ1v) is 33.4. The lowest BCUT2D eigenvalue weighted by Gasteiger charge is -2.18. The molecule has 0 aliphatic carbocycles. The quantitative estimate of drug-likeness (QED) is 0.0261. The molecule has 0 N–H and O–H groups in total. The normalized spacial score (nSPS) is 12.5. The SMILES string of the molecule is CC/C=C\C/C=C\C/C=C\CCCCCCCC(=O)OCC(COC(=O)CCCCCCCCCCCCCCCCCCCCCCCCC)OC(=O)CCCCCCCC/C=C\C/C=C\C/C=C\CCCCCCC. The number of hydrogen-bond acceptors (Lipinski definition) is 6. The number of carbonyl (C=O) groups excluding carboxylic acids is 3. The van der Waals surface area contributed by atoms with Gasteiger partial charge in [-0.15, -0.1) is 0 Å². The number of rotatable bonds is 61. The maximum atomic E-state index is 12.9. The molecule has 1 unspecified atom stereocenters. The van der Waals surface area contributed by atoms with Crippen molar-refractivity contribution in [3.8, 4) is 0 Å². The van der Waals surface area contributed by atoms with Crippen LogP contribution in [0.15, 0.2) is 72.9 Å². The summed E-state index contributed by atoms with van der Waals surface area (Å²) in [6.45, 7) is 6.54. The van der Waals surface area contributed by atoms with Crippen molar-refractivity contribution in [3.05, 3.63) is 72.9 Å². The molecule has 6 heteroatoms. The van der Waals surface area contributed by atoms with Crippen molar-refractivity contribution in [3.63, 3.8) is 0 Å². The zero-order valence-electron chi connectivity index (χ0n) is 51.2. The number of ether oxygens (including phenoxy) is 3. The van der Waals surface area contributed by atoms with E-state index in [1.807, 2.05) is 0 Å². The summed E-state index contributed by atoms with van der Waals surface area (Å²) in [7, 11) is 0. The van der Waals surface area contributed by atoms with Crippen molar-refractivity contribution in [1.29, 1.82) is 0 Å². The highest BCUT2D eigenvalue weighted by Crippen LogP contribution is 2.17. The smallest absolute Gasteiger partial charge is 0.306 e. The summed E-state index contributed by atoms with van der Waals surface area (Å²) in [5.74, 6) is -0.896. The van der Waals surface area contributed by atoms with Crippen molar-refractivity contribution in [2.24, 2.45) is 0 Å². The van der Waals surface area contributed by atoms with Gasteiger partial charge < -0.3 is 14.2 Å². The maximum absolute atomic E-state index is 12.9. The zero-order valence-corrected chi connectivity index (χ0v) is 51.2. The second kappa shape index (κ2) is 65.4. The molecule has 0 saturated heterocycles. The maximum Gasteiger partial charge on any atom is 0.306 e. The van der Waals surface area contributed by atoms with Gasteiger partial charge in [0.05, 0.1) is 0 Å². The third-order valence-electron chi connectivity index (χ3n) is 14.7. The van der Waals surface area contributed by atoms with Crippen LogP contribution in [-0.4, -0.2) is 37.2 Å². The molecular formula is C71H126O6. The molecule has 0 fully saturated rings. The molecular weight excluding hydrogens is 949 g/mol. The summed E-state index contributed by atoms with van der Waals surface area (Å²) in [5, 5.41) is 0. The molecule has 446 valence electrons. The van der Waals surface area contributed by atoms with E-state index in [0.29, 0.717) is 19.3 Å². The van der Waals surface area contributed by atoms with Crippen molar-refractivity contribution >= 4 is 17.9 Å². The van der Waals surface area contributed by atoms with Crippen molar-refractivity contribution < 1.29 is 28.6 Å². The average Bonchev–Trinajstić information content (AvgIpc) is 3.43. The Morgan fingerprint density at radius 2 is 0.506 bits per heavy atom. The fraction of sp³-hybridized carbons (Fsp3) is 0.789. The molecule has 0 spiro atoms. The Bertz CT molecular complexity index is 1420. The van der Waals surface area contributed by atoms with Gasteiger partial charge >= 0.3 is 17.9 Å². The van der Waals surface area contributed by atoms with Crippen LogP contribution in [0.25, 0.3) is 0 Å². The van der Waals surface area contributed by atoms with Crippen LogP contribution < -0.4 is 0 Å². The monoisotopic (exact) mass is 1070 g/mol. The standard InChI is InChI=1S/C71H126O6/c1-4-7-10-13-16-19-22-25-28-30-32-34-35-37-38-40-43-46-49-52-55-58-61-64-70(73)76-67-68(66-75-69(72)63-60-57-54-51-48-45-42-27-24-21-18-15-12-9-6-3)77-71(74)65-62-59-56-53-50-47-44-41-39-36-33-31-29-26-23-20-17-14-11-8-5-2/h9,12,18,21,23,26-27,31,33,39,41-42,68H,4-8,10-11,13-17,19-20,22,24-25,28-30,32,34-38,40,43-67H2,1-3H3/b12-9-,21-18-,26-23-,33-31-,41-39-,42-27-. The highest BCUT2D eigenvalue weighted by atomic mass is 16.6. The van der Waals surface area contributed by atoms with Gasteiger partial charge in [0.15, 0.2) is 6.10 Å². The highest BCUT2D eigenvalue weighted by Gasteiger charge is 2.19. The van der Waals surface area contributed by atoms with Crippen LogP contribution in [-0.2, 0) is 28.6 Å². The van der Waals surface area contributed by atoms with Crippen LogP contribution >= 0.6 is 0 Å². The van der Waals surface area contributed by atoms with Gasteiger partial charge in [-0.25, -0.2) is 0 Å². The van der Waals surface area contributed by atoms with Crippen molar-refractivity contribution in [1.82, 2.24) is 0 Å². The minimum Gasteiger partial charge on any atom is -0.462 e. The Labute approximate surface area is 478 Å². The van der Waals surface area contributed by atoms with E-state index in [9.17, 15) is 14.4 Å². The molecule has 77 heavy (non-hydrogen) atoms. The predicted molar refractivity (Wildman–Crippen MR) is 335 cm³/mol. The number of allylic oxidation sites excluding steroid dienone is 12. The van der Waals surface area contributed by atoms with E-state index >= 15 is 0 Å². The lowest BCUT2D eigenvalue weighted by Crippen LogP contribution is -2.30. The Morgan fingerprint density at radius 1 is 0.273 bits per heavy atom. The van der Waals surface area contributed by atoms with Crippen LogP contribution in [0.3, 0.4) is 0 Å². The number of unbranched alkanes of at least 4 members (excludes halogenated alkanes) is 38. The van der Waals surface area contributed by atoms with Gasteiger partial charge in [0.1, 0.15) is 13.2 Å². The van der Waals surface area contributed by atoms with E-state index < -0.39 is 6.10 Å². The zero-order chi connectivity index (χ0) is 55.7. The highest BCUT2D eigenvalue weighted by molar-refractivity contribution is 5.71. The van der Waals surface area contributed by atoms with Gasteiger partial charge in [-0.2, -0.15) is 0 Å². The fourth-order valence-corrected chi connectivity index (χ4v) is 9.70. The van der Waals surface area contributed by atoms with E-state index in [1.54, 1.807) is 0 Å². The third-order valence-corrected chi connectivity index (χ3v) is 14.7. The van der Waals surface area contributed by atoms with Gasteiger partial charge in [0.2, 0.25) is 0 Å². The third kappa shape index (κ3) is 63.6. The first-order chi connectivity index (χ1) is 38.0. The molecule has 0 aromatic heterocycles. The van der Waals surface area contributed by atoms with Crippen molar-refractivity contribution in [2.75, 3.05) is 13.2 Å². The molecule has 6 nitrogen and oxygen atoms in total. The van der Waals surface area contributed by atoms with Crippen LogP contribution in [0.5, 0.6) is 0 Å². The first kappa shape index (κ1) is 73.8. The van der Waals surface area contributed by atoms with Crippen molar-refractivity contribution in [2.45, 2.75) is 348 Å². The van der Waals surface area contributed by atoms with Gasteiger partial charge in [-0.1, -0.05) is 306 Å².